The van der Waals surface area contributed by atoms with Crippen molar-refractivity contribution in [2.75, 3.05) is 13.3 Å². The van der Waals surface area contributed by atoms with Crippen LogP contribution in [0, 0.1) is 0 Å². The molecule has 0 saturated carbocycles. The Hall–Kier alpha value is -2.48. The van der Waals surface area contributed by atoms with Crippen molar-refractivity contribution in [1.29, 1.82) is 0 Å². The molecule has 0 fully saturated rings. The summed E-state index contributed by atoms with van der Waals surface area (Å²) >= 11 is 1.24. The van der Waals surface area contributed by atoms with Gasteiger partial charge in [0.25, 0.3) is 5.91 Å². The van der Waals surface area contributed by atoms with Crippen LogP contribution in [0.2, 0.25) is 0 Å². The Kier molecular flexibility index (Phi) is 6.25. The van der Waals surface area contributed by atoms with E-state index in [0.29, 0.717) is 11.6 Å². The van der Waals surface area contributed by atoms with E-state index in [-0.39, 0.29) is 5.69 Å². The number of aromatic nitrogens is 1. The molecule has 6 nitrogen and oxygen atoms in total. The summed E-state index contributed by atoms with van der Waals surface area (Å²) in [5.74, 6) is -1.39. The van der Waals surface area contributed by atoms with E-state index in [1.807, 2.05) is 31.2 Å². The SMILES string of the molecule is CCCOc1ccc(-c2nc(C(=O)NC(CF)C(=O)O)cs2)cc1. The molecule has 1 heterocycles. The zero-order valence-corrected chi connectivity index (χ0v) is 13.8. The summed E-state index contributed by atoms with van der Waals surface area (Å²) in [6.45, 7) is 1.48. The lowest BCUT2D eigenvalue weighted by molar-refractivity contribution is -0.139. The first-order valence-electron chi connectivity index (χ1n) is 7.33. The summed E-state index contributed by atoms with van der Waals surface area (Å²) in [6, 6.07) is 5.71. The van der Waals surface area contributed by atoms with Crippen LogP contribution < -0.4 is 10.1 Å². The molecule has 0 aliphatic carbocycles. The number of amides is 1. The lowest BCUT2D eigenvalue weighted by Crippen LogP contribution is -2.42. The van der Waals surface area contributed by atoms with Gasteiger partial charge in [0.05, 0.1) is 6.61 Å². The van der Waals surface area contributed by atoms with E-state index in [1.54, 1.807) is 0 Å². The van der Waals surface area contributed by atoms with E-state index in [9.17, 15) is 14.0 Å². The molecule has 1 aromatic carbocycles. The number of benzene rings is 1. The van der Waals surface area contributed by atoms with Crippen molar-refractivity contribution in [3.8, 4) is 16.3 Å². The third-order valence-electron chi connectivity index (χ3n) is 3.07. The minimum Gasteiger partial charge on any atom is -0.494 e. The average Bonchev–Trinajstić information content (AvgIpc) is 3.08. The summed E-state index contributed by atoms with van der Waals surface area (Å²) in [5.41, 5.74) is 0.865. The van der Waals surface area contributed by atoms with Gasteiger partial charge in [0.1, 0.15) is 23.1 Å². The third kappa shape index (κ3) is 4.51. The predicted octanol–water partition coefficient (Wildman–Crippen LogP) is 2.75. The Morgan fingerprint density at radius 1 is 1.38 bits per heavy atom. The maximum atomic E-state index is 12.6. The molecule has 1 aromatic heterocycles. The molecule has 0 spiro atoms. The zero-order chi connectivity index (χ0) is 17.5. The first-order valence-corrected chi connectivity index (χ1v) is 8.21. The number of hydrogen-bond acceptors (Lipinski definition) is 5. The lowest BCUT2D eigenvalue weighted by atomic mass is 10.2. The molecule has 0 aliphatic rings. The van der Waals surface area contributed by atoms with Crippen LogP contribution in [-0.4, -0.2) is 41.3 Å². The van der Waals surface area contributed by atoms with Gasteiger partial charge in [-0.1, -0.05) is 6.92 Å². The second-order valence-corrected chi connectivity index (χ2v) is 5.79. The molecule has 0 saturated heterocycles. The highest BCUT2D eigenvalue weighted by Crippen LogP contribution is 2.25. The number of alkyl halides is 1. The lowest BCUT2D eigenvalue weighted by Gasteiger charge is -2.08. The van der Waals surface area contributed by atoms with Gasteiger partial charge >= 0.3 is 5.97 Å². The van der Waals surface area contributed by atoms with Gasteiger partial charge in [0.2, 0.25) is 0 Å². The van der Waals surface area contributed by atoms with Crippen molar-refractivity contribution < 1.29 is 23.8 Å². The summed E-state index contributed by atoms with van der Waals surface area (Å²) in [5, 5.41) is 13.0. The largest absolute Gasteiger partial charge is 0.494 e. The number of thiazole rings is 1. The Balaban J connectivity index is 2.07. The van der Waals surface area contributed by atoms with Crippen LogP contribution in [0.15, 0.2) is 29.6 Å². The highest BCUT2D eigenvalue weighted by molar-refractivity contribution is 7.13. The highest BCUT2D eigenvalue weighted by atomic mass is 32.1. The third-order valence-corrected chi connectivity index (χ3v) is 3.96. The number of rotatable bonds is 8. The number of carboxylic acid groups (broad SMARTS) is 1. The Labute approximate surface area is 142 Å². The molecular weight excluding hydrogens is 335 g/mol. The maximum absolute atomic E-state index is 12.6. The van der Waals surface area contributed by atoms with Crippen molar-refractivity contribution in [2.45, 2.75) is 19.4 Å². The van der Waals surface area contributed by atoms with Crippen LogP contribution in [0.3, 0.4) is 0 Å². The van der Waals surface area contributed by atoms with Crippen LogP contribution in [0.1, 0.15) is 23.8 Å². The van der Waals surface area contributed by atoms with E-state index >= 15 is 0 Å². The van der Waals surface area contributed by atoms with Gasteiger partial charge in [0.15, 0.2) is 6.04 Å². The van der Waals surface area contributed by atoms with Gasteiger partial charge in [-0.15, -0.1) is 11.3 Å². The van der Waals surface area contributed by atoms with Crippen molar-refractivity contribution in [3.05, 3.63) is 35.3 Å². The van der Waals surface area contributed by atoms with Crippen molar-refractivity contribution >= 4 is 23.2 Å². The summed E-state index contributed by atoms with van der Waals surface area (Å²) in [6.07, 6.45) is 0.920. The highest BCUT2D eigenvalue weighted by Gasteiger charge is 2.22. The maximum Gasteiger partial charge on any atom is 0.328 e. The zero-order valence-electron chi connectivity index (χ0n) is 13.0. The number of nitrogens with zero attached hydrogens (tertiary/aromatic N) is 1. The number of carboxylic acids is 1. The summed E-state index contributed by atoms with van der Waals surface area (Å²) in [7, 11) is 0. The normalized spacial score (nSPS) is 11.8. The summed E-state index contributed by atoms with van der Waals surface area (Å²) in [4.78, 5) is 26.8. The van der Waals surface area contributed by atoms with Crippen molar-refractivity contribution in [1.82, 2.24) is 10.3 Å². The minimum absolute atomic E-state index is 0.0565. The molecule has 8 heteroatoms. The average molecular weight is 352 g/mol. The molecule has 0 aliphatic heterocycles. The predicted molar refractivity (Wildman–Crippen MR) is 88.2 cm³/mol. The molecule has 2 aromatic rings. The number of hydrogen-bond donors (Lipinski definition) is 2. The fourth-order valence-electron chi connectivity index (χ4n) is 1.82. The fraction of sp³-hybridized carbons (Fsp3) is 0.312. The van der Waals surface area contributed by atoms with Crippen LogP contribution in [0.4, 0.5) is 4.39 Å². The van der Waals surface area contributed by atoms with Gasteiger partial charge < -0.3 is 15.2 Å². The molecule has 0 bridgehead atoms. The number of carbonyl (C=O) groups is 2. The van der Waals surface area contributed by atoms with Crippen molar-refractivity contribution in [2.24, 2.45) is 0 Å². The second-order valence-electron chi connectivity index (χ2n) is 4.93. The second kappa shape index (κ2) is 8.39. The summed E-state index contributed by atoms with van der Waals surface area (Å²) < 4.78 is 18.1. The smallest absolute Gasteiger partial charge is 0.328 e. The first-order chi connectivity index (χ1) is 11.5. The van der Waals surface area contributed by atoms with Crippen LogP contribution >= 0.6 is 11.3 Å². The monoisotopic (exact) mass is 352 g/mol. The number of halogens is 1. The van der Waals surface area contributed by atoms with Gasteiger partial charge in [-0.3, -0.25) is 4.79 Å². The Morgan fingerprint density at radius 3 is 2.67 bits per heavy atom. The van der Waals surface area contributed by atoms with E-state index in [0.717, 1.165) is 17.7 Å². The quantitative estimate of drug-likeness (QED) is 0.763. The molecule has 2 rings (SSSR count). The number of carbonyl (C=O) groups excluding carboxylic acids is 1. The molecule has 1 amide bonds. The van der Waals surface area contributed by atoms with Gasteiger partial charge in [-0.05, 0) is 30.7 Å². The van der Waals surface area contributed by atoms with Gasteiger partial charge in [-0.25, -0.2) is 14.2 Å². The van der Waals surface area contributed by atoms with E-state index in [1.165, 1.54) is 16.7 Å². The molecular formula is C16H17FN2O4S. The van der Waals surface area contributed by atoms with Crippen LogP contribution in [-0.2, 0) is 4.79 Å². The van der Waals surface area contributed by atoms with Gasteiger partial charge in [0, 0.05) is 10.9 Å². The van der Waals surface area contributed by atoms with E-state index in [4.69, 9.17) is 9.84 Å². The minimum atomic E-state index is -1.57. The van der Waals surface area contributed by atoms with Crippen LogP contribution in [0.25, 0.3) is 10.6 Å². The fourth-order valence-corrected chi connectivity index (χ4v) is 2.63. The number of ether oxygens (including phenoxy) is 1. The Morgan fingerprint density at radius 2 is 2.08 bits per heavy atom. The standard InChI is InChI=1S/C16H17FN2O4S/c1-2-7-23-11-5-3-10(4-6-11)15-19-13(9-24-15)14(20)18-12(8-17)16(21)22/h3-6,9,12H,2,7-8H2,1H3,(H,18,20)(H,21,22). The van der Waals surface area contributed by atoms with Crippen LogP contribution in [0.5, 0.6) is 5.75 Å². The number of aliphatic carboxylic acids is 1. The molecule has 0 radical (unpaired) electrons. The molecule has 2 N–H and O–H groups in total. The molecule has 1 atom stereocenters. The number of nitrogens with one attached hydrogen (secondary N) is 1. The van der Waals surface area contributed by atoms with E-state index < -0.39 is 24.6 Å². The van der Waals surface area contributed by atoms with Gasteiger partial charge in [-0.2, -0.15) is 0 Å². The Bertz CT molecular complexity index is 702. The first kappa shape index (κ1) is 17.9. The molecule has 128 valence electrons. The topological polar surface area (TPSA) is 88.5 Å². The van der Waals surface area contributed by atoms with Crippen molar-refractivity contribution in [3.63, 3.8) is 0 Å². The van der Waals surface area contributed by atoms with E-state index in [2.05, 4.69) is 10.3 Å². The molecule has 1 unspecified atom stereocenters. The molecule has 24 heavy (non-hydrogen) atoms.